The maximum Gasteiger partial charge on any atom is 0.183 e. The summed E-state index contributed by atoms with van der Waals surface area (Å²) in [5, 5.41) is 0. The van der Waals surface area contributed by atoms with Crippen molar-refractivity contribution in [2.24, 2.45) is 5.73 Å². The second-order valence-corrected chi connectivity index (χ2v) is 6.64. The number of hydrogen-bond acceptors (Lipinski definition) is 3. The largest absolute Gasteiger partial charge is 0.451 e. The van der Waals surface area contributed by atoms with Crippen LogP contribution < -0.4 is 5.73 Å². The zero-order valence-corrected chi connectivity index (χ0v) is 15.1. The smallest absolute Gasteiger partial charge is 0.183 e. The van der Waals surface area contributed by atoms with E-state index in [9.17, 15) is 0 Å². The van der Waals surface area contributed by atoms with Crippen molar-refractivity contribution < 1.29 is 4.42 Å². The Hall–Kier alpha value is 0.160. The molecule has 2 N–H and O–H groups in total. The van der Waals surface area contributed by atoms with Crippen LogP contribution in [0.4, 0.5) is 0 Å². The average Bonchev–Trinajstić information content (AvgIpc) is 2.68. The molecule has 1 rings (SSSR count). The van der Waals surface area contributed by atoms with E-state index in [2.05, 4.69) is 57.5 Å². The van der Waals surface area contributed by atoms with Crippen LogP contribution in [0.2, 0.25) is 0 Å². The highest BCUT2D eigenvalue weighted by molar-refractivity contribution is 9.13. The van der Waals surface area contributed by atoms with Gasteiger partial charge in [0, 0.05) is 12.6 Å². The number of unbranched alkanes of at least 4 members (excludes halogenated alkanes) is 2. The summed E-state index contributed by atoms with van der Waals surface area (Å²) >= 11 is 6.85. The van der Waals surface area contributed by atoms with Gasteiger partial charge in [-0.3, -0.25) is 4.90 Å². The summed E-state index contributed by atoms with van der Waals surface area (Å²) in [6, 6.07) is 2.60. The monoisotopic (exact) mass is 394 g/mol. The third-order valence-electron chi connectivity index (χ3n) is 3.30. The van der Waals surface area contributed by atoms with Crippen LogP contribution >= 0.6 is 31.9 Å². The number of rotatable bonds is 8. The molecule has 3 nitrogen and oxygen atoms in total. The maximum absolute atomic E-state index is 5.97. The second-order valence-electron chi connectivity index (χ2n) is 5.06. The summed E-state index contributed by atoms with van der Waals surface area (Å²) in [4.78, 5) is 2.42. The predicted molar refractivity (Wildman–Crippen MR) is 87.3 cm³/mol. The van der Waals surface area contributed by atoms with Crippen molar-refractivity contribution >= 4 is 31.9 Å². The predicted octanol–water partition coefficient (Wildman–Crippen LogP) is 4.71. The van der Waals surface area contributed by atoms with Crippen molar-refractivity contribution in [1.82, 2.24) is 4.90 Å². The quantitative estimate of drug-likeness (QED) is 0.648. The molecule has 0 bridgehead atoms. The summed E-state index contributed by atoms with van der Waals surface area (Å²) in [5.41, 5.74) is 5.97. The standard InChI is InChI=1S/C14H24Br2N2O/c1-4-5-6-7-18(10(2)3)12(9-17)13-8-11(15)14(16)19-13/h8,10,12H,4-7,9,17H2,1-3H3. The molecule has 0 spiro atoms. The van der Waals surface area contributed by atoms with Crippen LogP contribution in [0.1, 0.15) is 51.8 Å². The van der Waals surface area contributed by atoms with Gasteiger partial charge in [-0.2, -0.15) is 0 Å². The molecule has 0 saturated carbocycles. The highest BCUT2D eigenvalue weighted by Crippen LogP contribution is 2.32. The van der Waals surface area contributed by atoms with Crippen LogP contribution in [0.3, 0.4) is 0 Å². The van der Waals surface area contributed by atoms with Crippen LogP contribution in [-0.4, -0.2) is 24.0 Å². The molecule has 1 aromatic rings. The van der Waals surface area contributed by atoms with Crippen LogP contribution in [0.25, 0.3) is 0 Å². The van der Waals surface area contributed by atoms with Gasteiger partial charge in [-0.05, 0) is 64.7 Å². The number of nitrogens with zero attached hydrogens (tertiary/aromatic N) is 1. The van der Waals surface area contributed by atoms with Crippen LogP contribution in [0, 0.1) is 0 Å². The Kier molecular flexibility index (Phi) is 7.65. The Labute approximate surface area is 133 Å². The van der Waals surface area contributed by atoms with Crippen LogP contribution in [-0.2, 0) is 0 Å². The highest BCUT2D eigenvalue weighted by Gasteiger charge is 2.25. The minimum atomic E-state index is 0.138. The van der Waals surface area contributed by atoms with Gasteiger partial charge < -0.3 is 10.2 Å². The van der Waals surface area contributed by atoms with E-state index in [0.29, 0.717) is 12.6 Å². The second kappa shape index (κ2) is 8.45. The molecule has 1 atom stereocenters. The first-order chi connectivity index (χ1) is 9.01. The van der Waals surface area contributed by atoms with Crippen LogP contribution in [0.5, 0.6) is 0 Å². The van der Waals surface area contributed by atoms with Crippen molar-refractivity contribution in [2.45, 2.75) is 52.1 Å². The molecule has 1 unspecified atom stereocenters. The molecule has 0 saturated heterocycles. The summed E-state index contributed by atoms with van der Waals surface area (Å²) in [5.74, 6) is 0.923. The van der Waals surface area contributed by atoms with E-state index in [1.54, 1.807) is 0 Å². The van der Waals surface area contributed by atoms with Gasteiger partial charge in [0.1, 0.15) is 5.76 Å². The Balaban J connectivity index is 2.83. The van der Waals surface area contributed by atoms with E-state index >= 15 is 0 Å². The molecule has 0 radical (unpaired) electrons. The first kappa shape index (κ1) is 17.2. The lowest BCUT2D eigenvalue weighted by Crippen LogP contribution is -2.39. The lowest BCUT2D eigenvalue weighted by atomic mass is 10.1. The molecule has 0 aliphatic carbocycles. The third kappa shape index (κ3) is 4.88. The molecular weight excluding hydrogens is 372 g/mol. The Morgan fingerprint density at radius 1 is 1.32 bits per heavy atom. The van der Waals surface area contributed by atoms with Crippen molar-refractivity contribution in [3.05, 3.63) is 21.0 Å². The SMILES string of the molecule is CCCCCN(C(C)C)C(CN)c1cc(Br)c(Br)o1. The van der Waals surface area contributed by atoms with Gasteiger partial charge in [-0.1, -0.05) is 19.8 Å². The lowest BCUT2D eigenvalue weighted by Gasteiger charge is -2.33. The topological polar surface area (TPSA) is 42.4 Å². The fraction of sp³-hybridized carbons (Fsp3) is 0.714. The normalized spacial score (nSPS) is 13.5. The molecule has 0 amide bonds. The zero-order chi connectivity index (χ0) is 14.4. The van der Waals surface area contributed by atoms with Crippen LogP contribution in [0.15, 0.2) is 19.6 Å². The summed E-state index contributed by atoms with van der Waals surface area (Å²) < 4.78 is 7.43. The fourth-order valence-corrected chi connectivity index (χ4v) is 2.87. The third-order valence-corrected chi connectivity index (χ3v) is 5.01. The van der Waals surface area contributed by atoms with E-state index in [-0.39, 0.29) is 6.04 Å². The van der Waals surface area contributed by atoms with Crippen molar-refractivity contribution in [3.63, 3.8) is 0 Å². The van der Waals surface area contributed by atoms with Gasteiger partial charge in [-0.25, -0.2) is 0 Å². The van der Waals surface area contributed by atoms with Gasteiger partial charge in [0.25, 0.3) is 0 Å². The summed E-state index contributed by atoms with van der Waals surface area (Å²) in [7, 11) is 0. The number of furan rings is 1. The average molecular weight is 396 g/mol. The molecule has 0 aromatic carbocycles. The molecule has 0 aliphatic heterocycles. The van der Waals surface area contributed by atoms with E-state index < -0.39 is 0 Å². The minimum absolute atomic E-state index is 0.138. The summed E-state index contributed by atoms with van der Waals surface area (Å²) in [6.07, 6.45) is 3.69. The molecule has 0 fully saturated rings. The number of hydrogen-bond donors (Lipinski definition) is 1. The van der Waals surface area contributed by atoms with Gasteiger partial charge in [-0.15, -0.1) is 0 Å². The molecule has 0 aliphatic rings. The Morgan fingerprint density at radius 3 is 2.42 bits per heavy atom. The molecule has 1 aromatic heterocycles. The molecule has 5 heteroatoms. The van der Waals surface area contributed by atoms with Crippen molar-refractivity contribution in [3.8, 4) is 0 Å². The van der Waals surface area contributed by atoms with Gasteiger partial charge in [0.05, 0.1) is 10.5 Å². The van der Waals surface area contributed by atoms with E-state index in [4.69, 9.17) is 10.2 Å². The molecule has 19 heavy (non-hydrogen) atoms. The van der Waals surface area contributed by atoms with E-state index in [1.807, 2.05) is 6.07 Å². The van der Waals surface area contributed by atoms with Gasteiger partial charge in [0.2, 0.25) is 0 Å². The van der Waals surface area contributed by atoms with E-state index in [0.717, 1.165) is 21.4 Å². The highest BCUT2D eigenvalue weighted by atomic mass is 79.9. The Morgan fingerprint density at radius 2 is 2.00 bits per heavy atom. The van der Waals surface area contributed by atoms with Crippen molar-refractivity contribution in [2.75, 3.05) is 13.1 Å². The van der Waals surface area contributed by atoms with Gasteiger partial charge >= 0.3 is 0 Å². The molecule has 1 heterocycles. The fourth-order valence-electron chi connectivity index (χ4n) is 2.26. The van der Waals surface area contributed by atoms with Crippen molar-refractivity contribution in [1.29, 1.82) is 0 Å². The number of nitrogens with two attached hydrogens (primary N) is 1. The summed E-state index contributed by atoms with van der Waals surface area (Å²) in [6.45, 7) is 8.27. The molecule has 110 valence electrons. The number of halogens is 2. The Bertz CT molecular complexity index is 360. The molecular formula is C14H24Br2N2O. The zero-order valence-electron chi connectivity index (χ0n) is 12.0. The first-order valence-corrected chi connectivity index (χ1v) is 8.50. The lowest BCUT2D eigenvalue weighted by molar-refractivity contribution is 0.136. The maximum atomic E-state index is 5.97. The van der Waals surface area contributed by atoms with Gasteiger partial charge in [0.15, 0.2) is 4.67 Å². The first-order valence-electron chi connectivity index (χ1n) is 6.91. The van der Waals surface area contributed by atoms with E-state index in [1.165, 1.54) is 19.3 Å². The minimum Gasteiger partial charge on any atom is -0.451 e.